The number of fused-ring (bicyclic) bond motifs is 1. The van der Waals surface area contributed by atoms with Gasteiger partial charge in [-0.15, -0.1) is 11.3 Å². The van der Waals surface area contributed by atoms with Gasteiger partial charge in [-0.2, -0.15) is 0 Å². The van der Waals surface area contributed by atoms with E-state index in [0.717, 1.165) is 13.8 Å². The van der Waals surface area contributed by atoms with Crippen molar-refractivity contribution >= 4 is 84.7 Å². The number of nitrogens with zero attached hydrogens (tertiary/aromatic N) is 1. The van der Waals surface area contributed by atoms with Crippen LogP contribution in [0.25, 0.3) is 20.8 Å². The second-order valence-corrected chi connectivity index (χ2v) is 9.80. The third-order valence-corrected chi connectivity index (χ3v) is 6.76. The number of benzene rings is 3. The van der Waals surface area contributed by atoms with E-state index in [2.05, 4.69) is 38.2 Å². The topological polar surface area (TPSA) is 74.2 Å². The fourth-order valence-corrected chi connectivity index (χ4v) is 4.89. The monoisotopic (exact) mass is 579 g/mol. The fraction of sp³-hybridized carbons (Fsp3) is 0.0455. The number of carbonyl (C=O) groups excluding carboxylic acids is 1. The van der Waals surface area contributed by atoms with Gasteiger partial charge in [-0.25, -0.2) is 4.98 Å². The van der Waals surface area contributed by atoms with E-state index in [1.165, 1.54) is 11.3 Å². The lowest BCUT2D eigenvalue weighted by atomic mass is 10.1. The molecule has 0 saturated heterocycles. The minimum absolute atomic E-state index is 0.125. The average Bonchev–Trinajstić information content (AvgIpc) is 3.16. The molecule has 0 aliphatic rings. The highest BCUT2D eigenvalue weighted by molar-refractivity contribution is 14.1. The first-order valence-electron chi connectivity index (χ1n) is 9.09. The second kappa shape index (κ2) is 9.07. The van der Waals surface area contributed by atoms with Crippen molar-refractivity contribution in [3.05, 3.63) is 74.3 Å². The molecule has 31 heavy (non-hydrogen) atoms. The minimum atomic E-state index is -0.400. The quantitative estimate of drug-likeness (QED) is 0.150. The van der Waals surface area contributed by atoms with Gasteiger partial charge in [0, 0.05) is 9.26 Å². The number of hydrogen-bond donors (Lipinski definition) is 3. The number of halogens is 2. The maximum absolute atomic E-state index is 12.6. The molecule has 0 fully saturated rings. The van der Waals surface area contributed by atoms with Gasteiger partial charge in [0.25, 0.3) is 5.91 Å². The van der Waals surface area contributed by atoms with Crippen LogP contribution < -0.4 is 10.6 Å². The molecule has 0 saturated carbocycles. The molecule has 3 N–H and O–H groups in total. The summed E-state index contributed by atoms with van der Waals surface area (Å²) in [5, 5.41) is 17.4. The third-order valence-electron chi connectivity index (χ3n) is 4.48. The van der Waals surface area contributed by atoms with Gasteiger partial charge in [-0.3, -0.25) is 10.1 Å². The summed E-state index contributed by atoms with van der Waals surface area (Å²) in [6.45, 7) is 1.80. The largest absolute Gasteiger partial charge is 0.507 e. The van der Waals surface area contributed by atoms with Crippen LogP contribution in [0.3, 0.4) is 0 Å². The van der Waals surface area contributed by atoms with Crippen LogP contribution in [0.5, 0.6) is 5.75 Å². The number of amides is 1. The fourth-order valence-electron chi connectivity index (χ4n) is 3.01. The Morgan fingerprint density at radius 1 is 1.19 bits per heavy atom. The average molecular weight is 580 g/mol. The zero-order valence-corrected chi connectivity index (χ0v) is 20.6. The minimum Gasteiger partial charge on any atom is -0.507 e. The lowest BCUT2D eigenvalue weighted by molar-refractivity contribution is 0.0978. The molecule has 0 aliphatic carbocycles. The summed E-state index contributed by atoms with van der Waals surface area (Å²) in [5.74, 6) is -0.242. The molecular weight excluding hydrogens is 565 g/mol. The molecule has 9 heteroatoms. The van der Waals surface area contributed by atoms with Gasteiger partial charge in [0.05, 0.1) is 26.4 Å². The number of aromatic hydroxyl groups is 1. The van der Waals surface area contributed by atoms with Crippen LogP contribution in [-0.4, -0.2) is 21.1 Å². The smallest absolute Gasteiger partial charge is 0.258 e. The van der Waals surface area contributed by atoms with Gasteiger partial charge in [0.15, 0.2) is 5.11 Å². The Kier molecular flexibility index (Phi) is 6.42. The van der Waals surface area contributed by atoms with Crippen LogP contribution in [0, 0.1) is 10.5 Å². The van der Waals surface area contributed by atoms with Crippen molar-refractivity contribution in [3.8, 4) is 16.3 Å². The number of phenols is 1. The predicted molar refractivity (Wildman–Crippen MR) is 139 cm³/mol. The number of aryl methyl sites for hydroxylation is 1. The summed E-state index contributed by atoms with van der Waals surface area (Å²) < 4.78 is 1.92. The number of para-hydroxylation sites is 1. The van der Waals surface area contributed by atoms with E-state index in [9.17, 15) is 9.90 Å². The Balaban J connectivity index is 1.58. The van der Waals surface area contributed by atoms with E-state index in [1.807, 2.05) is 30.3 Å². The van der Waals surface area contributed by atoms with Crippen molar-refractivity contribution in [1.82, 2.24) is 10.3 Å². The number of hydrogen-bond acceptors (Lipinski definition) is 5. The lowest BCUT2D eigenvalue weighted by Crippen LogP contribution is -2.34. The molecule has 156 valence electrons. The highest BCUT2D eigenvalue weighted by Gasteiger charge is 2.16. The van der Waals surface area contributed by atoms with Crippen LogP contribution in [-0.2, 0) is 0 Å². The first kappa shape index (κ1) is 21.9. The number of rotatable bonds is 3. The SMILES string of the molecule is Cc1cc(NC(=S)NC(=O)c2cc(I)ccc2Cl)cc(-c2nc3ccccc3s2)c1O. The zero-order chi connectivity index (χ0) is 22.1. The predicted octanol–water partition coefficient (Wildman–Crippen LogP) is 6.36. The molecule has 0 spiro atoms. The number of carbonyl (C=O) groups is 1. The Labute approximate surface area is 206 Å². The Morgan fingerprint density at radius 2 is 1.97 bits per heavy atom. The number of anilines is 1. The van der Waals surface area contributed by atoms with Crippen molar-refractivity contribution in [2.45, 2.75) is 6.92 Å². The molecule has 1 aromatic heterocycles. The van der Waals surface area contributed by atoms with Crippen LogP contribution >= 0.6 is 57.7 Å². The highest BCUT2D eigenvalue weighted by atomic mass is 127. The summed E-state index contributed by atoms with van der Waals surface area (Å²) in [7, 11) is 0. The molecular formula is C22H15ClIN3O2S2. The van der Waals surface area contributed by atoms with Crippen molar-refractivity contribution in [2.24, 2.45) is 0 Å². The van der Waals surface area contributed by atoms with Crippen LogP contribution in [0.1, 0.15) is 15.9 Å². The molecule has 0 bridgehead atoms. The maximum Gasteiger partial charge on any atom is 0.258 e. The van der Waals surface area contributed by atoms with Gasteiger partial charge >= 0.3 is 0 Å². The van der Waals surface area contributed by atoms with E-state index >= 15 is 0 Å². The van der Waals surface area contributed by atoms with Crippen LogP contribution in [0.15, 0.2) is 54.6 Å². The molecule has 0 atom stereocenters. The number of nitrogens with one attached hydrogen (secondary N) is 2. The molecule has 0 unspecified atom stereocenters. The van der Waals surface area contributed by atoms with Gasteiger partial charge in [-0.1, -0.05) is 23.7 Å². The summed E-state index contributed by atoms with van der Waals surface area (Å²) >= 11 is 15.1. The Morgan fingerprint density at radius 3 is 2.74 bits per heavy atom. The normalized spacial score (nSPS) is 10.8. The summed E-state index contributed by atoms with van der Waals surface area (Å²) in [6.07, 6.45) is 0. The Bertz CT molecular complexity index is 1310. The second-order valence-electron chi connectivity index (χ2n) is 6.71. The van der Waals surface area contributed by atoms with Crippen LogP contribution in [0.2, 0.25) is 5.02 Å². The first-order valence-corrected chi connectivity index (χ1v) is 11.8. The summed E-state index contributed by atoms with van der Waals surface area (Å²) in [5.41, 5.74) is 3.10. The van der Waals surface area contributed by atoms with Crippen molar-refractivity contribution in [3.63, 3.8) is 0 Å². The van der Waals surface area contributed by atoms with Gasteiger partial charge in [0.1, 0.15) is 10.8 Å². The maximum atomic E-state index is 12.6. The standard InChI is InChI=1S/C22H15ClIN3O2S2/c1-11-8-13(25-22(30)27-20(29)14-9-12(24)6-7-16(14)23)10-15(19(11)28)21-26-17-4-2-3-5-18(17)31-21/h2-10,28H,1H3,(H2,25,27,29,30). The molecule has 1 amide bonds. The van der Waals surface area contributed by atoms with Gasteiger partial charge in [-0.05, 0) is 89.8 Å². The third kappa shape index (κ3) is 4.82. The van der Waals surface area contributed by atoms with Crippen molar-refractivity contribution in [2.75, 3.05) is 5.32 Å². The number of thiazole rings is 1. The van der Waals surface area contributed by atoms with Gasteiger partial charge < -0.3 is 10.4 Å². The molecule has 4 aromatic rings. The highest BCUT2D eigenvalue weighted by Crippen LogP contribution is 2.38. The molecule has 0 aliphatic heterocycles. The molecule has 1 heterocycles. The van der Waals surface area contributed by atoms with E-state index in [-0.39, 0.29) is 10.9 Å². The molecule has 5 nitrogen and oxygen atoms in total. The number of aromatic nitrogens is 1. The first-order chi connectivity index (χ1) is 14.8. The zero-order valence-electron chi connectivity index (χ0n) is 16.1. The lowest BCUT2D eigenvalue weighted by Gasteiger charge is -2.13. The van der Waals surface area contributed by atoms with E-state index in [4.69, 9.17) is 23.8 Å². The van der Waals surface area contributed by atoms with Crippen molar-refractivity contribution in [1.29, 1.82) is 0 Å². The Hall–Kier alpha value is -2.27. The van der Waals surface area contributed by atoms with E-state index < -0.39 is 5.91 Å². The van der Waals surface area contributed by atoms with E-state index in [1.54, 1.807) is 31.2 Å². The number of thiocarbonyl (C=S) groups is 1. The summed E-state index contributed by atoms with van der Waals surface area (Å²) in [4.78, 5) is 17.2. The molecule has 3 aromatic carbocycles. The molecule has 0 radical (unpaired) electrons. The van der Waals surface area contributed by atoms with Crippen molar-refractivity contribution < 1.29 is 9.90 Å². The van der Waals surface area contributed by atoms with Crippen LogP contribution in [0.4, 0.5) is 5.69 Å². The van der Waals surface area contributed by atoms with Gasteiger partial charge in [0.2, 0.25) is 0 Å². The molecule has 4 rings (SSSR count). The van der Waals surface area contributed by atoms with E-state index in [0.29, 0.717) is 32.4 Å². The number of phenolic OH excluding ortho intramolecular Hbond substituents is 1. The summed E-state index contributed by atoms with van der Waals surface area (Å²) in [6, 6.07) is 16.5.